The predicted molar refractivity (Wildman–Crippen MR) is 80.5 cm³/mol. The van der Waals surface area contributed by atoms with Crippen molar-refractivity contribution in [1.29, 1.82) is 0 Å². The molecule has 0 bridgehead atoms. The van der Waals surface area contributed by atoms with Gasteiger partial charge in [-0.25, -0.2) is 0 Å². The van der Waals surface area contributed by atoms with Gasteiger partial charge in [0.05, 0.1) is 6.10 Å². The van der Waals surface area contributed by atoms with Gasteiger partial charge in [0.1, 0.15) is 0 Å². The largest absolute Gasteiger partial charge is 0.378 e. The summed E-state index contributed by atoms with van der Waals surface area (Å²) >= 11 is 0. The minimum absolute atomic E-state index is 0.575. The van der Waals surface area contributed by atoms with E-state index in [2.05, 4.69) is 24.1 Å². The quantitative estimate of drug-likeness (QED) is 0.768. The Morgan fingerprint density at radius 1 is 1.26 bits per heavy atom. The van der Waals surface area contributed by atoms with Gasteiger partial charge < -0.3 is 15.0 Å². The fourth-order valence-electron chi connectivity index (χ4n) is 3.58. The molecule has 2 fully saturated rings. The zero-order chi connectivity index (χ0) is 13.5. The van der Waals surface area contributed by atoms with Crippen molar-refractivity contribution < 1.29 is 4.74 Å². The van der Waals surface area contributed by atoms with Crippen LogP contribution in [-0.4, -0.2) is 49.8 Å². The van der Waals surface area contributed by atoms with Gasteiger partial charge in [0.15, 0.2) is 0 Å². The first-order chi connectivity index (χ1) is 9.29. The van der Waals surface area contributed by atoms with Crippen LogP contribution >= 0.6 is 0 Å². The smallest absolute Gasteiger partial charge is 0.0576 e. The maximum atomic E-state index is 5.69. The molecule has 0 spiro atoms. The first kappa shape index (κ1) is 15.3. The summed E-state index contributed by atoms with van der Waals surface area (Å²) in [6, 6.07) is 0.694. The standard InChI is InChI=1S/C16H32N2O/c1-3-17-14(2)15-8-11-18(12-9-15)10-4-6-16-7-5-13-19-16/h14-17H,3-13H2,1-2H3. The number of rotatable bonds is 7. The van der Waals surface area contributed by atoms with E-state index < -0.39 is 0 Å². The normalized spacial score (nSPS) is 27.8. The fourth-order valence-corrected chi connectivity index (χ4v) is 3.58. The Bertz CT molecular complexity index is 233. The molecule has 2 unspecified atom stereocenters. The summed E-state index contributed by atoms with van der Waals surface area (Å²) in [6.07, 6.45) is 8.47. The molecule has 0 aromatic heterocycles. The zero-order valence-corrected chi connectivity index (χ0v) is 12.9. The highest BCUT2D eigenvalue weighted by atomic mass is 16.5. The lowest BCUT2D eigenvalue weighted by atomic mass is 9.90. The highest BCUT2D eigenvalue weighted by Gasteiger charge is 2.23. The van der Waals surface area contributed by atoms with Crippen LogP contribution in [0, 0.1) is 5.92 Å². The van der Waals surface area contributed by atoms with Crippen molar-refractivity contribution in [2.75, 3.05) is 32.8 Å². The van der Waals surface area contributed by atoms with Crippen LogP contribution in [0.15, 0.2) is 0 Å². The Balaban J connectivity index is 1.55. The number of nitrogens with one attached hydrogen (secondary N) is 1. The maximum Gasteiger partial charge on any atom is 0.0576 e. The molecule has 19 heavy (non-hydrogen) atoms. The molecule has 1 N–H and O–H groups in total. The third-order valence-corrected chi connectivity index (χ3v) is 4.89. The fraction of sp³-hybridized carbons (Fsp3) is 1.00. The first-order valence-electron chi connectivity index (χ1n) is 8.37. The van der Waals surface area contributed by atoms with Crippen LogP contribution in [0.2, 0.25) is 0 Å². The Morgan fingerprint density at radius 3 is 2.68 bits per heavy atom. The molecule has 2 heterocycles. The molecule has 0 saturated carbocycles. The van der Waals surface area contributed by atoms with Crippen LogP contribution in [0.5, 0.6) is 0 Å². The number of ether oxygens (including phenoxy) is 1. The summed E-state index contributed by atoms with van der Waals surface area (Å²) in [7, 11) is 0. The molecule has 2 aliphatic rings. The molecule has 112 valence electrons. The van der Waals surface area contributed by atoms with Crippen molar-refractivity contribution in [1.82, 2.24) is 10.2 Å². The van der Waals surface area contributed by atoms with E-state index in [4.69, 9.17) is 4.74 Å². The first-order valence-corrected chi connectivity index (χ1v) is 8.37. The molecular weight excluding hydrogens is 236 g/mol. The van der Waals surface area contributed by atoms with Gasteiger partial charge in [-0.2, -0.15) is 0 Å². The summed E-state index contributed by atoms with van der Waals surface area (Å²) in [4.78, 5) is 2.66. The molecule has 0 radical (unpaired) electrons. The van der Waals surface area contributed by atoms with Crippen LogP contribution in [0.4, 0.5) is 0 Å². The van der Waals surface area contributed by atoms with E-state index in [1.54, 1.807) is 0 Å². The van der Waals surface area contributed by atoms with E-state index in [-0.39, 0.29) is 0 Å². The van der Waals surface area contributed by atoms with Crippen LogP contribution in [0.1, 0.15) is 52.4 Å². The number of piperidine rings is 1. The lowest BCUT2D eigenvalue weighted by Gasteiger charge is -2.35. The molecule has 2 atom stereocenters. The third kappa shape index (κ3) is 5.05. The summed E-state index contributed by atoms with van der Waals surface area (Å²) in [5, 5.41) is 3.58. The predicted octanol–water partition coefficient (Wildman–Crippen LogP) is 2.66. The van der Waals surface area contributed by atoms with E-state index in [9.17, 15) is 0 Å². The number of nitrogens with zero attached hydrogens (tertiary/aromatic N) is 1. The van der Waals surface area contributed by atoms with Gasteiger partial charge in [-0.1, -0.05) is 6.92 Å². The van der Waals surface area contributed by atoms with Crippen molar-refractivity contribution in [3.8, 4) is 0 Å². The van der Waals surface area contributed by atoms with Crippen LogP contribution in [-0.2, 0) is 4.74 Å². The average Bonchev–Trinajstić information content (AvgIpc) is 2.93. The lowest BCUT2D eigenvalue weighted by Crippen LogP contribution is -2.42. The number of hydrogen-bond donors (Lipinski definition) is 1. The molecule has 0 aromatic rings. The highest BCUT2D eigenvalue weighted by molar-refractivity contribution is 4.79. The zero-order valence-electron chi connectivity index (χ0n) is 12.9. The molecule has 2 saturated heterocycles. The Hall–Kier alpha value is -0.120. The van der Waals surface area contributed by atoms with E-state index in [0.717, 1.165) is 19.1 Å². The lowest BCUT2D eigenvalue weighted by molar-refractivity contribution is 0.0949. The van der Waals surface area contributed by atoms with Crippen LogP contribution in [0.25, 0.3) is 0 Å². The molecule has 3 nitrogen and oxygen atoms in total. The third-order valence-electron chi connectivity index (χ3n) is 4.89. The summed E-state index contributed by atoms with van der Waals surface area (Å²) in [5.74, 6) is 0.884. The van der Waals surface area contributed by atoms with E-state index >= 15 is 0 Å². The molecule has 2 aliphatic heterocycles. The van der Waals surface area contributed by atoms with Gasteiger partial charge in [0.25, 0.3) is 0 Å². The summed E-state index contributed by atoms with van der Waals surface area (Å²) < 4.78 is 5.69. The van der Waals surface area contributed by atoms with Gasteiger partial charge in [-0.15, -0.1) is 0 Å². The summed E-state index contributed by atoms with van der Waals surface area (Å²) in [6.45, 7) is 10.5. The molecule has 0 aromatic carbocycles. The average molecular weight is 268 g/mol. The molecule has 0 aliphatic carbocycles. The van der Waals surface area contributed by atoms with Gasteiger partial charge in [-0.05, 0) is 77.5 Å². The highest BCUT2D eigenvalue weighted by Crippen LogP contribution is 2.22. The minimum Gasteiger partial charge on any atom is -0.378 e. The Labute approximate surface area is 119 Å². The van der Waals surface area contributed by atoms with Crippen molar-refractivity contribution >= 4 is 0 Å². The van der Waals surface area contributed by atoms with Gasteiger partial charge in [0.2, 0.25) is 0 Å². The van der Waals surface area contributed by atoms with E-state index in [1.807, 2.05) is 0 Å². The van der Waals surface area contributed by atoms with Gasteiger partial charge in [0, 0.05) is 12.6 Å². The van der Waals surface area contributed by atoms with Crippen molar-refractivity contribution in [3.63, 3.8) is 0 Å². The van der Waals surface area contributed by atoms with E-state index in [1.165, 1.54) is 58.2 Å². The monoisotopic (exact) mass is 268 g/mol. The molecule has 2 rings (SSSR count). The van der Waals surface area contributed by atoms with Gasteiger partial charge >= 0.3 is 0 Å². The summed E-state index contributed by atoms with van der Waals surface area (Å²) in [5.41, 5.74) is 0. The second kappa shape index (κ2) is 8.23. The number of likely N-dealkylation sites (tertiary alicyclic amines) is 1. The topological polar surface area (TPSA) is 24.5 Å². The molecular formula is C16H32N2O. The van der Waals surface area contributed by atoms with Crippen molar-refractivity contribution in [3.05, 3.63) is 0 Å². The molecule has 0 amide bonds. The number of hydrogen-bond acceptors (Lipinski definition) is 3. The van der Waals surface area contributed by atoms with Gasteiger partial charge in [-0.3, -0.25) is 0 Å². The van der Waals surface area contributed by atoms with Crippen LogP contribution in [0.3, 0.4) is 0 Å². The Morgan fingerprint density at radius 2 is 2.05 bits per heavy atom. The Kier molecular flexibility index (Phi) is 6.62. The SMILES string of the molecule is CCNC(C)C1CCN(CCCC2CCCO2)CC1. The van der Waals surface area contributed by atoms with Crippen LogP contribution < -0.4 is 5.32 Å². The minimum atomic E-state index is 0.575. The van der Waals surface area contributed by atoms with Crippen molar-refractivity contribution in [2.45, 2.75) is 64.5 Å². The van der Waals surface area contributed by atoms with Crippen molar-refractivity contribution in [2.24, 2.45) is 5.92 Å². The molecule has 3 heteroatoms. The second-order valence-corrected chi connectivity index (χ2v) is 6.30. The second-order valence-electron chi connectivity index (χ2n) is 6.30. The van der Waals surface area contributed by atoms with E-state index in [0.29, 0.717) is 12.1 Å². The maximum absolute atomic E-state index is 5.69.